The van der Waals surface area contributed by atoms with Crippen molar-refractivity contribution in [2.45, 2.75) is 20.3 Å². The predicted molar refractivity (Wildman–Crippen MR) is 71.0 cm³/mol. The van der Waals surface area contributed by atoms with Crippen LogP contribution in [-0.4, -0.2) is 4.98 Å². The van der Waals surface area contributed by atoms with Crippen molar-refractivity contribution in [1.29, 1.82) is 0 Å². The van der Waals surface area contributed by atoms with Gasteiger partial charge in [0.25, 0.3) is 0 Å². The average molecular weight is 227 g/mol. The van der Waals surface area contributed by atoms with E-state index in [1.165, 1.54) is 11.6 Å². The molecule has 2 rings (SSSR count). The van der Waals surface area contributed by atoms with Crippen LogP contribution < -0.4 is 5.56 Å². The lowest BCUT2D eigenvalue weighted by Crippen LogP contribution is -2.03. The molecule has 1 aromatic heterocycles. The largest absolute Gasteiger partial charge is 0.322 e. The molecule has 0 saturated carbocycles. The third-order valence-electron chi connectivity index (χ3n) is 2.68. The highest BCUT2D eigenvalue weighted by Crippen LogP contribution is 2.17. The summed E-state index contributed by atoms with van der Waals surface area (Å²) in [5, 5.41) is 0. The lowest BCUT2D eigenvalue weighted by atomic mass is 10.0. The molecule has 1 heterocycles. The maximum absolute atomic E-state index is 11.2. The summed E-state index contributed by atoms with van der Waals surface area (Å²) in [6, 6.07) is 13.6. The van der Waals surface area contributed by atoms with Gasteiger partial charge in [0.1, 0.15) is 0 Å². The van der Waals surface area contributed by atoms with Crippen LogP contribution in [0, 0.1) is 5.92 Å². The Kier molecular flexibility index (Phi) is 3.43. The Balaban J connectivity index is 2.26. The second-order valence-corrected chi connectivity index (χ2v) is 4.72. The monoisotopic (exact) mass is 227 g/mol. The first-order chi connectivity index (χ1) is 8.15. The van der Waals surface area contributed by atoms with Gasteiger partial charge in [-0.15, -0.1) is 0 Å². The summed E-state index contributed by atoms with van der Waals surface area (Å²) in [6.45, 7) is 4.42. The van der Waals surface area contributed by atoms with Gasteiger partial charge in [0.2, 0.25) is 5.56 Å². The van der Waals surface area contributed by atoms with Gasteiger partial charge >= 0.3 is 0 Å². The molecule has 88 valence electrons. The molecule has 1 aromatic carbocycles. The van der Waals surface area contributed by atoms with Crippen LogP contribution in [0.5, 0.6) is 0 Å². The first-order valence-electron chi connectivity index (χ1n) is 5.94. The number of hydrogen-bond donors (Lipinski definition) is 1. The summed E-state index contributed by atoms with van der Waals surface area (Å²) < 4.78 is 0. The van der Waals surface area contributed by atoms with Crippen LogP contribution in [0.4, 0.5) is 0 Å². The van der Waals surface area contributed by atoms with E-state index in [4.69, 9.17) is 0 Å². The van der Waals surface area contributed by atoms with Crippen LogP contribution in [0.25, 0.3) is 11.3 Å². The van der Waals surface area contributed by atoms with Gasteiger partial charge < -0.3 is 4.98 Å². The number of H-pyrrole nitrogens is 1. The van der Waals surface area contributed by atoms with E-state index >= 15 is 0 Å². The molecule has 2 heteroatoms. The highest BCUT2D eigenvalue weighted by Gasteiger charge is 2.00. The molecule has 1 N–H and O–H groups in total. The summed E-state index contributed by atoms with van der Waals surface area (Å²) in [5.74, 6) is 0.664. The number of benzene rings is 1. The van der Waals surface area contributed by atoms with E-state index in [-0.39, 0.29) is 5.56 Å². The SMILES string of the molecule is CC(C)Cc1ccc(-c2cccc(=O)[nH]2)cc1. The first kappa shape index (κ1) is 11.6. The lowest BCUT2D eigenvalue weighted by molar-refractivity contribution is 0.647. The van der Waals surface area contributed by atoms with Crippen molar-refractivity contribution < 1.29 is 0 Å². The second-order valence-electron chi connectivity index (χ2n) is 4.72. The van der Waals surface area contributed by atoms with Crippen LogP contribution >= 0.6 is 0 Å². The van der Waals surface area contributed by atoms with Crippen molar-refractivity contribution in [3.05, 3.63) is 58.4 Å². The number of rotatable bonds is 3. The smallest absolute Gasteiger partial charge is 0.248 e. The molecular formula is C15H17NO. The van der Waals surface area contributed by atoms with E-state index in [1.807, 2.05) is 6.07 Å². The molecule has 2 nitrogen and oxygen atoms in total. The van der Waals surface area contributed by atoms with E-state index < -0.39 is 0 Å². The normalized spacial score (nSPS) is 10.8. The van der Waals surface area contributed by atoms with Crippen molar-refractivity contribution in [3.63, 3.8) is 0 Å². The lowest BCUT2D eigenvalue weighted by Gasteiger charge is -2.06. The van der Waals surface area contributed by atoms with E-state index in [0.717, 1.165) is 17.7 Å². The van der Waals surface area contributed by atoms with Gasteiger partial charge in [-0.25, -0.2) is 0 Å². The highest BCUT2D eigenvalue weighted by atomic mass is 16.1. The molecule has 0 aliphatic rings. The Labute approximate surface area is 101 Å². The molecule has 0 amide bonds. The Morgan fingerprint density at radius 2 is 1.76 bits per heavy atom. The van der Waals surface area contributed by atoms with Gasteiger partial charge in [-0.1, -0.05) is 44.2 Å². The van der Waals surface area contributed by atoms with Gasteiger partial charge in [-0.05, 0) is 29.5 Å². The van der Waals surface area contributed by atoms with Gasteiger partial charge in [0.15, 0.2) is 0 Å². The molecule has 0 atom stereocenters. The van der Waals surface area contributed by atoms with E-state index in [9.17, 15) is 4.79 Å². The third-order valence-corrected chi connectivity index (χ3v) is 2.68. The molecule has 0 unspecified atom stereocenters. The van der Waals surface area contributed by atoms with Crippen LogP contribution in [0.15, 0.2) is 47.3 Å². The number of pyridine rings is 1. The van der Waals surface area contributed by atoms with Gasteiger partial charge in [-0.2, -0.15) is 0 Å². The zero-order valence-corrected chi connectivity index (χ0v) is 10.2. The highest BCUT2D eigenvalue weighted by molar-refractivity contribution is 5.58. The van der Waals surface area contributed by atoms with E-state index in [1.54, 1.807) is 6.07 Å². The molecule has 0 fully saturated rings. The minimum atomic E-state index is -0.0613. The van der Waals surface area contributed by atoms with E-state index in [0.29, 0.717) is 5.92 Å². The Morgan fingerprint density at radius 3 is 2.35 bits per heavy atom. The van der Waals surface area contributed by atoms with Gasteiger partial charge in [-0.3, -0.25) is 4.79 Å². The fraction of sp³-hybridized carbons (Fsp3) is 0.267. The van der Waals surface area contributed by atoms with Gasteiger partial charge in [0.05, 0.1) is 0 Å². The second kappa shape index (κ2) is 5.00. The summed E-state index contributed by atoms with van der Waals surface area (Å²) >= 11 is 0. The first-order valence-corrected chi connectivity index (χ1v) is 5.94. The molecule has 0 saturated heterocycles. The maximum atomic E-state index is 11.2. The Morgan fingerprint density at radius 1 is 1.06 bits per heavy atom. The van der Waals surface area contributed by atoms with Crippen LogP contribution in [-0.2, 0) is 6.42 Å². The quantitative estimate of drug-likeness (QED) is 0.857. The Hall–Kier alpha value is -1.83. The summed E-state index contributed by atoms with van der Waals surface area (Å²) in [7, 11) is 0. The van der Waals surface area contributed by atoms with Crippen molar-refractivity contribution in [1.82, 2.24) is 4.98 Å². The van der Waals surface area contributed by atoms with Crippen molar-refractivity contribution in [2.75, 3.05) is 0 Å². The number of aromatic nitrogens is 1. The molecular weight excluding hydrogens is 210 g/mol. The van der Waals surface area contributed by atoms with Crippen molar-refractivity contribution in [2.24, 2.45) is 5.92 Å². The van der Waals surface area contributed by atoms with Crippen molar-refractivity contribution in [3.8, 4) is 11.3 Å². The topological polar surface area (TPSA) is 32.9 Å². The molecule has 0 aliphatic carbocycles. The molecule has 2 aromatic rings. The fourth-order valence-electron chi connectivity index (χ4n) is 1.91. The molecule has 0 aliphatic heterocycles. The van der Waals surface area contributed by atoms with Crippen molar-refractivity contribution >= 4 is 0 Å². The van der Waals surface area contributed by atoms with Crippen LogP contribution in [0.2, 0.25) is 0 Å². The number of hydrogen-bond acceptors (Lipinski definition) is 1. The predicted octanol–water partition coefficient (Wildman–Crippen LogP) is 3.24. The average Bonchev–Trinajstić information content (AvgIpc) is 2.29. The van der Waals surface area contributed by atoms with Crippen LogP contribution in [0.1, 0.15) is 19.4 Å². The van der Waals surface area contributed by atoms with Gasteiger partial charge in [0, 0.05) is 11.8 Å². The zero-order valence-electron chi connectivity index (χ0n) is 10.2. The third kappa shape index (κ3) is 3.06. The summed E-state index contributed by atoms with van der Waals surface area (Å²) in [6.07, 6.45) is 1.09. The number of aromatic amines is 1. The van der Waals surface area contributed by atoms with E-state index in [2.05, 4.69) is 43.1 Å². The summed E-state index contributed by atoms with van der Waals surface area (Å²) in [4.78, 5) is 14.0. The molecule has 17 heavy (non-hydrogen) atoms. The molecule has 0 bridgehead atoms. The Bertz CT molecular complexity index is 537. The summed E-state index contributed by atoms with van der Waals surface area (Å²) in [5.41, 5.74) is 3.19. The standard InChI is InChI=1S/C15H17NO/c1-11(2)10-12-6-8-13(9-7-12)14-4-3-5-15(17)16-14/h3-9,11H,10H2,1-2H3,(H,16,17). The minimum Gasteiger partial charge on any atom is -0.322 e. The van der Waals surface area contributed by atoms with Crippen LogP contribution in [0.3, 0.4) is 0 Å². The zero-order chi connectivity index (χ0) is 12.3. The minimum absolute atomic E-state index is 0.0613. The maximum Gasteiger partial charge on any atom is 0.248 e. The fourth-order valence-corrected chi connectivity index (χ4v) is 1.91. The number of nitrogens with one attached hydrogen (secondary N) is 1. The molecule has 0 radical (unpaired) electrons. The molecule has 0 spiro atoms.